The average molecular weight is 273 g/mol. The Labute approximate surface area is 116 Å². The number of methoxy groups -OCH3 is 1. The van der Waals surface area contributed by atoms with Gasteiger partial charge in [0.1, 0.15) is 0 Å². The summed E-state index contributed by atoms with van der Waals surface area (Å²) in [6.45, 7) is 0.479. The van der Waals surface area contributed by atoms with Crippen LogP contribution in [0.2, 0.25) is 0 Å². The Balaban J connectivity index is 2.00. The summed E-state index contributed by atoms with van der Waals surface area (Å²) in [5.41, 5.74) is 1.30. The summed E-state index contributed by atoms with van der Waals surface area (Å²) in [5, 5.41) is 8.92. The molecule has 2 rings (SSSR count). The highest BCUT2D eigenvalue weighted by Gasteiger charge is 2.09. The number of rotatable bonds is 6. The molecule has 1 aromatic heterocycles. The van der Waals surface area contributed by atoms with Crippen molar-refractivity contribution in [1.29, 1.82) is 0 Å². The number of pyridine rings is 1. The van der Waals surface area contributed by atoms with Crippen LogP contribution in [0.3, 0.4) is 0 Å². The molecule has 0 amide bonds. The van der Waals surface area contributed by atoms with E-state index in [1.807, 2.05) is 12.1 Å². The first kappa shape index (κ1) is 13.9. The van der Waals surface area contributed by atoms with E-state index in [9.17, 15) is 4.79 Å². The fourth-order valence-electron chi connectivity index (χ4n) is 1.75. The fourth-order valence-corrected chi connectivity index (χ4v) is 1.75. The Bertz CT molecular complexity index is 584. The first-order valence-electron chi connectivity index (χ1n) is 6.13. The van der Waals surface area contributed by atoms with Gasteiger partial charge in [-0.1, -0.05) is 0 Å². The summed E-state index contributed by atoms with van der Waals surface area (Å²) in [5.74, 6) is -0.0437. The van der Waals surface area contributed by atoms with Gasteiger partial charge in [-0.3, -0.25) is 4.98 Å². The van der Waals surface area contributed by atoms with Gasteiger partial charge >= 0.3 is 5.97 Å². The van der Waals surface area contributed by atoms with Crippen LogP contribution in [0.5, 0.6) is 11.5 Å². The molecule has 0 unspecified atom stereocenters. The Kier molecular flexibility index (Phi) is 4.55. The molecule has 1 heterocycles. The van der Waals surface area contributed by atoms with E-state index >= 15 is 0 Å². The van der Waals surface area contributed by atoms with E-state index < -0.39 is 5.97 Å². The lowest BCUT2D eigenvalue weighted by Gasteiger charge is -2.11. The van der Waals surface area contributed by atoms with Crippen molar-refractivity contribution in [2.75, 3.05) is 13.7 Å². The molecule has 0 atom stereocenters. The van der Waals surface area contributed by atoms with Crippen LogP contribution in [0.15, 0.2) is 42.7 Å². The molecule has 2 aromatic rings. The molecule has 0 saturated heterocycles. The molecular formula is C15H15NO4. The van der Waals surface area contributed by atoms with Gasteiger partial charge in [0.25, 0.3) is 0 Å². The van der Waals surface area contributed by atoms with E-state index in [-0.39, 0.29) is 5.56 Å². The largest absolute Gasteiger partial charge is 0.493 e. The van der Waals surface area contributed by atoms with E-state index in [0.717, 1.165) is 12.0 Å². The molecule has 0 bridgehead atoms. The second-order valence-corrected chi connectivity index (χ2v) is 4.12. The smallest absolute Gasteiger partial charge is 0.335 e. The van der Waals surface area contributed by atoms with E-state index in [1.54, 1.807) is 18.5 Å². The monoisotopic (exact) mass is 273 g/mol. The van der Waals surface area contributed by atoms with Gasteiger partial charge in [-0.05, 0) is 35.9 Å². The second-order valence-electron chi connectivity index (χ2n) is 4.12. The fraction of sp³-hybridized carbons (Fsp3) is 0.200. The van der Waals surface area contributed by atoms with Crippen molar-refractivity contribution in [1.82, 2.24) is 4.98 Å². The summed E-state index contributed by atoms with van der Waals surface area (Å²) in [6, 6.07) is 8.40. The van der Waals surface area contributed by atoms with Gasteiger partial charge in [-0.25, -0.2) is 4.79 Å². The number of hydrogen-bond acceptors (Lipinski definition) is 4. The van der Waals surface area contributed by atoms with Crippen molar-refractivity contribution < 1.29 is 19.4 Å². The minimum atomic E-state index is -0.994. The van der Waals surface area contributed by atoms with Gasteiger partial charge in [0, 0.05) is 18.8 Å². The molecule has 5 heteroatoms. The van der Waals surface area contributed by atoms with Gasteiger partial charge in [-0.15, -0.1) is 0 Å². The SMILES string of the molecule is COc1cc(C(=O)O)ccc1OCCc1ccncc1. The van der Waals surface area contributed by atoms with E-state index in [4.69, 9.17) is 14.6 Å². The Morgan fingerprint density at radius 2 is 1.95 bits per heavy atom. The topological polar surface area (TPSA) is 68.7 Å². The lowest BCUT2D eigenvalue weighted by atomic mass is 10.2. The Morgan fingerprint density at radius 3 is 2.60 bits per heavy atom. The number of benzene rings is 1. The molecule has 104 valence electrons. The van der Waals surface area contributed by atoms with Crippen molar-refractivity contribution in [3.05, 3.63) is 53.9 Å². The number of carbonyl (C=O) groups is 1. The maximum Gasteiger partial charge on any atom is 0.335 e. The molecule has 0 spiro atoms. The summed E-state index contributed by atoms with van der Waals surface area (Å²) >= 11 is 0. The summed E-state index contributed by atoms with van der Waals surface area (Å²) < 4.78 is 10.8. The number of aromatic carboxylic acids is 1. The van der Waals surface area contributed by atoms with Crippen LogP contribution in [0, 0.1) is 0 Å². The molecule has 0 aliphatic rings. The van der Waals surface area contributed by atoms with Crippen molar-refractivity contribution >= 4 is 5.97 Å². The minimum Gasteiger partial charge on any atom is -0.493 e. The maximum absolute atomic E-state index is 10.9. The number of nitrogens with zero attached hydrogens (tertiary/aromatic N) is 1. The number of carboxylic acid groups (broad SMARTS) is 1. The molecule has 0 fully saturated rings. The summed E-state index contributed by atoms with van der Waals surface area (Å²) in [6.07, 6.45) is 4.21. The molecule has 1 N–H and O–H groups in total. The maximum atomic E-state index is 10.9. The van der Waals surface area contributed by atoms with Gasteiger partial charge in [0.05, 0.1) is 19.3 Å². The van der Waals surface area contributed by atoms with E-state index in [2.05, 4.69) is 4.98 Å². The predicted molar refractivity (Wildman–Crippen MR) is 73.4 cm³/mol. The highest BCUT2D eigenvalue weighted by molar-refractivity contribution is 5.88. The van der Waals surface area contributed by atoms with Crippen LogP contribution in [0.25, 0.3) is 0 Å². The molecular weight excluding hydrogens is 258 g/mol. The quantitative estimate of drug-likeness (QED) is 0.875. The lowest BCUT2D eigenvalue weighted by molar-refractivity contribution is 0.0696. The summed E-state index contributed by atoms with van der Waals surface area (Å²) in [7, 11) is 1.48. The van der Waals surface area contributed by atoms with E-state index in [0.29, 0.717) is 18.1 Å². The standard InChI is InChI=1S/C15H15NO4/c1-19-14-10-12(15(17)18)2-3-13(14)20-9-6-11-4-7-16-8-5-11/h2-5,7-8,10H,6,9H2,1H3,(H,17,18). The molecule has 5 nitrogen and oxygen atoms in total. The molecule has 0 saturated carbocycles. The molecule has 0 radical (unpaired) electrons. The van der Waals surface area contributed by atoms with Gasteiger partial charge < -0.3 is 14.6 Å². The molecule has 1 aromatic carbocycles. The van der Waals surface area contributed by atoms with Crippen molar-refractivity contribution in [3.63, 3.8) is 0 Å². The zero-order valence-corrected chi connectivity index (χ0v) is 11.1. The van der Waals surface area contributed by atoms with Crippen molar-refractivity contribution in [2.45, 2.75) is 6.42 Å². The highest BCUT2D eigenvalue weighted by Crippen LogP contribution is 2.28. The Morgan fingerprint density at radius 1 is 1.20 bits per heavy atom. The van der Waals surface area contributed by atoms with Gasteiger partial charge in [0.2, 0.25) is 0 Å². The minimum absolute atomic E-state index is 0.170. The van der Waals surface area contributed by atoms with Crippen LogP contribution in [-0.2, 0) is 6.42 Å². The first-order valence-corrected chi connectivity index (χ1v) is 6.13. The third kappa shape index (κ3) is 3.47. The third-order valence-corrected chi connectivity index (χ3v) is 2.81. The normalized spacial score (nSPS) is 10.1. The average Bonchev–Trinajstić information content (AvgIpc) is 2.48. The zero-order valence-electron chi connectivity index (χ0n) is 11.1. The van der Waals surface area contributed by atoms with Crippen LogP contribution in [-0.4, -0.2) is 29.8 Å². The molecule has 0 aliphatic carbocycles. The number of ether oxygens (including phenoxy) is 2. The number of carboxylic acids is 1. The van der Waals surface area contributed by atoms with Crippen molar-refractivity contribution in [3.8, 4) is 11.5 Å². The van der Waals surface area contributed by atoms with Crippen LogP contribution in [0.1, 0.15) is 15.9 Å². The highest BCUT2D eigenvalue weighted by atomic mass is 16.5. The van der Waals surface area contributed by atoms with Gasteiger partial charge in [-0.2, -0.15) is 0 Å². The Hall–Kier alpha value is -2.56. The van der Waals surface area contributed by atoms with Gasteiger partial charge in [0.15, 0.2) is 11.5 Å². The third-order valence-electron chi connectivity index (χ3n) is 2.81. The lowest BCUT2D eigenvalue weighted by Crippen LogP contribution is -2.04. The van der Waals surface area contributed by atoms with Crippen LogP contribution >= 0.6 is 0 Å². The van der Waals surface area contributed by atoms with E-state index in [1.165, 1.54) is 19.2 Å². The molecule has 20 heavy (non-hydrogen) atoms. The zero-order chi connectivity index (χ0) is 14.4. The molecule has 0 aliphatic heterocycles. The summed E-state index contributed by atoms with van der Waals surface area (Å²) in [4.78, 5) is 14.8. The number of hydrogen-bond donors (Lipinski definition) is 1. The number of aromatic nitrogens is 1. The predicted octanol–water partition coefficient (Wildman–Crippen LogP) is 2.41. The van der Waals surface area contributed by atoms with Crippen molar-refractivity contribution in [2.24, 2.45) is 0 Å². The second kappa shape index (κ2) is 6.56. The first-order chi connectivity index (χ1) is 9.70. The van der Waals surface area contributed by atoms with Crippen LogP contribution in [0.4, 0.5) is 0 Å². The van der Waals surface area contributed by atoms with Crippen LogP contribution < -0.4 is 9.47 Å².